The van der Waals surface area contributed by atoms with E-state index in [9.17, 15) is 19.8 Å². The lowest BCUT2D eigenvalue weighted by Gasteiger charge is -2.59. The molecule has 156 valence electrons. The van der Waals surface area contributed by atoms with E-state index in [1.807, 2.05) is 13.8 Å². The summed E-state index contributed by atoms with van der Waals surface area (Å²) in [4.78, 5) is 24.5. The van der Waals surface area contributed by atoms with Crippen molar-refractivity contribution in [3.8, 4) is 0 Å². The van der Waals surface area contributed by atoms with Crippen LogP contribution in [0.4, 0.5) is 0 Å². The van der Waals surface area contributed by atoms with Crippen LogP contribution in [0, 0.1) is 22.7 Å². The molecule has 1 saturated heterocycles. The average Bonchev–Trinajstić information content (AvgIpc) is 2.88. The molecule has 2 N–H and O–H groups in total. The van der Waals surface area contributed by atoms with Gasteiger partial charge in [0.25, 0.3) is 0 Å². The quantitative estimate of drug-likeness (QED) is 0.566. The van der Waals surface area contributed by atoms with Crippen LogP contribution in [0.3, 0.4) is 0 Å². The lowest BCUT2D eigenvalue weighted by atomic mass is 9.45. The SMILES string of the molecule is C=CC(C)(O)C1OC(O)C2(C(C)CCC3(C)C(C)=CC(=O)CC32)C1OC(C)=O. The molecule has 1 heterocycles. The van der Waals surface area contributed by atoms with Crippen LogP contribution in [0.2, 0.25) is 0 Å². The van der Waals surface area contributed by atoms with Crippen molar-refractivity contribution >= 4 is 11.8 Å². The van der Waals surface area contributed by atoms with Crippen molar-refractivity contribution in [3.63, 3.8) is 0 Å². The molecule has 0 aromatic carbocycles. The smallest absolute Gasteiger partial charge is 0.303 e. The second-order valence-corrected chi connectivity index (χ2v) is 9.28. The van der Waals surface area contributed by atoms with Crippen LogP contribution in [-0.2, 0) is 19.1 Å². The van der Waals surface area contributed by atoms with E-state index in [0.717, 1.165) is 18.4 Å². The third kappa shape index (κ3) is 2.80. The molecular weight excluding hydrogens is 360 g/mol. The van der Waals surface area contributed by atoms with Crippen LogP contribution in [0.25, 0.3) is 0 Å². The molecule has 0 radical (unpaired) electrons. The lowest BCUT2D eigenvalue weighted by molar-refractivity contribution is -0.213. The van der Waals surface area contributed by atoms with Gasteiger partial charge in [0.05, 0.1) is 5.41 Å². The summed E-state index contributed by atoms with van der Waals surface area (Å²) >= 11 is 0. The third-order valence-corrected chi connectivity index (χ3v) is 7.76. The predicted octanol–water partition coefficient (Wildman–Crippen LogP) is 2.53. The maximum Gasteiger partial charge on any atom is 0.303 e. The van der Waals surface area contributed by atoms with Gasteiger partial charge in [0, 0.05) is 13.3 Å². The summed E-state index contributed by atoms with van der Waals surface area (Å²) in [5.74, 6) is -0.859. The van der Waals surface area contributed by atoms with Gasteiger partial charge >= 0.3 is 5.97 Å². The Hall–Kier alpha value is -1.50. The van der Waals surface area contributed by atoms with Gasteiger partial charge in [0.1, 0.15) is 17.8 Å². The zero-order valence-corrected chi connectivity index (χ0v) is 17.4. The van der Waals surface area contributed by atoms with Crippen LogP contribution >= 0.6 is 0 Å². The molecule has 2 fully saturated rings. The van der Waals surface area contributed by atoms with E-state index < -0.39 is 35.5 Å². The molecular formula is C22H32O6. The van der Waals surface area contributed by atoms with Gasteiger partial charge in [0.2, 0.25) is 0 Å². The van der Waals surface area contributed by atoms with Gasteiger partial charge in [-0.25, -0.2) is 0 Å². The number of ketones is 1. The molecule has 6 nitrogen and oxygen atoms in total. The largest absolute Gasteiger partial charge is 0.459 e. The number of ether oxygens (including phenoxy) is 2. The van der Waals surface area contributed by atoms with Crippen LogP contribution in [0.15, 0.2) is 24.3 Å². The van der Waals surface area contributed by atoms with Crippen LogP contribution in [0.5, 0.6) is 0 Å². The average molecular weight is 392 g/mol. The number of aliphatic hydroxyl groups is 2. The summed E-state index contributed by atoms with van der Waals surface area (Å²) < 4.78 is 11.6. The lowest BCUT2D eigenvalue weighted by Crippen LogP contribution is -2.62. The molecule has 1 aliphatic heterocycles. The fourth-order valence-electron chi connectivity index (χ4n) is 5.90. The van der Waals surface area contributed by atoms with E-state index in [2.05, 4.69) is 13.5 Å². The van der Waals surface area contributed by atoms with Gasteiger partial charge in [-0.1, -0.05) is 25.5 Å². The Morgan fingerprint density at radius 3 is 2.71 bits per heavy atom. The molecule has 6 heteroatoms. The number of fused-ring (bicyclic) bond motifs is 2. The maximum atomic E-state index is 12.5. The standard InChI is InChI=1S/C22H32O6/c1-7-21(6,26)17-18(27-14(4)23)22(19(25)28-17)12(2)8-9-20(5)13(3)10-15(24)11-16(20)22/h7,10,12,16-19,25-26H,1,8-9,11H2,2-6H3. The summed E-state index contributed by atoms with van der Waals surface area (Å²) in [6, 6.07) is 0. The number of allylic oxidation sites excluding steroid dienone is 2. The van der Waals surface area contributed by atoms with Gasteiger partial charge in [-0.3, -0.25) is 9.59 Å². The van der Waals surface area contributed by atoms with Gasteiger partial charge < -0.3 is 19.7 Å². The number of hydrogen-bond donors (Lipinski definition) is 2. The molecule has 1 saturated carbocycles. The summed E-state index contributed by atoms with van der Waals surface area (Å²) in [6.07, 6.45) is 1.79. The number of carbonyl (C=O) groups excluding carboxylic acids is 2. The van der Waals surface area contributed by atoms with Gasteiger partial charge in [-0.15, -0.1) is 6.58 Å². The second-order valence-electron chi connectivity index (χ2n) is 9.28. The van der Waals surface area contributed by atoms with E-state index in [1.165, 1.54) is 19.9 Å². The highest BCUT2D eigenvalue weighted by atomic mass is 16.7. The number of carbonyl (C=O) groups is 2. The fraction of sp³-hybridized carbons (Fsp3) is 0.727. The van der Waals surface area contributed by atoms with E-state index in [4.69, 9.17) is 9.47 Å². The van der Waals surface area contributed by atoms with Crippen molar-refractivity contribution in [2.75, 3.05) is 0 Å². The first-order valence-electron chi connectivity index (χ1n) is 9.99. The number of rotatable bonds is 3. The highest BCUT2D eigenvalue weighted by Crippen LogP contribution is 2.66. The summed E-state index contributed by atoms with van der Waals surface area (Å²) in [5, 5.41) is 22.1. The molecule has 28 heavy (non-hydrogen) atoms. The van der Waals surface area contributed by atoms with Crippen molar-refractivity contribution in [1.82, 2.24) is 0 Å². The van der Waals surface area contributed by atoms with Crippen LogP contribution in [-0.4, -0.2) is 46.1 Å². The van der Waals surface area contributed by atoms with Gasteiger partial charge in [0.15, 0.2) is 12.1 Å². The van der Waals surface area contributed by atoms with Crippen LogP contribution in [0.1, 0.15) is 53.9 Å². The highest BCUT2D eigenvalue weighted by molar-refractivity contribution is 5.92. The summed E-state index contributed by atoms with van der Waals surface area (Å²) in [6.45, 7) is 12.6. The van der Waals surface area contributed by atoms with E-state index in [0.29, 0.717) is 0 Å². The Morgan fingerprint density at radius 2 is 2.14 bits per heavy atom. The molecule has 0 aromatic heterocycles. The Balaban J connectivity index is 2.21. The zero-order chi connectivity index (χ0) is 21.1. The third-order valence-electron chi connectivity index (χ3n) is 7.76. The minimum absolute atomic E-state index is 0.00107. The summed E-state index contributed by atoms with van der Waals surface area (Å²) in [7, 11) is 0. The van der Waals surface area contributed by atoms with Crippen LogP contribution < -0.4 is 0 Å². The topological polar surface area (TPSA) is 93.1 Å². The molecule has 8 unspecified atom stereocenters. The van der Waals surface area contributed by atoms with Crippen molar-refractivity contribution in [2.24, 2.45) is 22.7 Å². The summed E-state index contributed by atoms with van der Waals surface area (Å²) in [5.41, 5.74) is -1.85. The van der Waals surface area contributed by atoms with E-state index >= 15 is 0 Å². The van der Waals surface area contributed by atoms with Gasteiger partial charge in [-0.05, 0) is 50.0 Å². The second kappa shape index (κ2) is 6.78. The van der Waals surface area contributed by atoms with Crippen molar-refractivity contribution in [2.45, 2.75) is 78.0 Å². The maximum absolute atomic E-state index is 12.5. The van der Waals surface area contributed by atoms with Gasteiger partial charge in [-0.2, -0.15) is 0 Å². The Morgan fingerprint density at radius 1 is 1.50 bits per heavy atom. The van der Waals surface area contributed by atoms with E-state index in [-0.39, 0.29) is 29.5 Å². The molecule has 0 bridgehead atoms. The first-order chi connectivity index (χ1) is 12.9. The normalized spacial score (nSPS) is 45.2. The Kier molecular flexibility index (Phi) is 5.14. The Bertz CT molecular complexity index is 725. The predicted molar refractivity (Wildman–Crippen MR) is 103 cm³/mol. The molecule has 8 atom stereocenters. The van der Waals surface area contributed by atoms with Crippen molar-refractivity contribution in [1.29, 1.82) is 0 Å². The number of hydrogen-bond acceptors (Lipinski definition) is 6. The fourth-order valence-corrected chi connectivity index (χ4v) is 5.90. The van der Waals surface area contributed by atoms with E-state index in [1.54, 1.807) is 6.08 Å². The van der Waals surface area contributed by atoms with Crippen molar-refractivity contribution in [3.05, 3.63) is 24.3 Å². The first kappa shape index (κ1) is 21.2. The molecule has 3 aliphatic rings. The zero-order valence-electron chi connectivity index (χ0n) is 17.4. The number of esters is 1. The molecule has 1 spiro atoms. The first-order valence-corrected chi connectivity index (χ1v) is 9.99. The Labute approximate surface area is 166 Å². The van der Waals surface area contributed by atoms with Crippen molar-refractivity contribution < 1.29 is 29.3 Å². The molecule has 0 aromatic rings. The number of aliphatic hydroxyl groups excluding tert-OH is 1. The monoisotopic (exact) mass is 392 g/mol. The molecule has 3 rings (SSSR count). The minimum atomic E-state index is -1.51. The molecule has 2 aliphatic carbocycles. The highest BCUT2D eigenvalue weighted by Gasteiger charge is 2.71. The molecule has 0 amide bonds. The minimum Gasteiger partial charge on any atom is -0.459 e.